The lowest BCUT2D eigenvalue weighted by Gasteiger charge is -2.23. The second kappa shape index (κ2) is 4.88. The van der Waals surface area contributed by atoms with E-state index in [0.29, 0.717) is 19.5 Å². The fourth-order valence-corrected chi connectivity index (χ4v) is 3.04. The Labute approximate surface area is 116 Å². The van der Waals surface area contributed by atoms with E-state index in [1.54, 1.807) is 0 Å². The van der Waals surface area contributed by atoms with E-state index in [9.17, 15) is 14.7 Å². The Kier molecular flexibility index (Phi) is 3.19. The van der Waals surface area contributed by atoms with Gasteiger partial charge in [-0.15, -0.1) is 0 Å². The monoisotopic (exact) mass is 275 g/mol. The summed E-state index contributed by atoms with van der Waals surface area (Å²) in [5.41, 5.74) is 0.229. The van der Waals surface area contributed by atoms with Crippen molar-refractivity contribution in [2.24, 2.45) is 0 Å². The molecular weight excluding hydrogens is 258 g/mol. The van der Waals surface area contributed by atoms with Crippen LogP contribution < -0.4 is 10.6 Å². The van der Waals surface area contributed by atoms with E-state index < -0.39 is 11.6 Å². The van der Waals surface area contributed by atoms with Crippen molar-refractivity contribution >= 4 is 11.9 Å². The number of imide groups is 1. The van der Waals surface area contributed by atoms with Gasteiger partial charge in [-0.05, 0) is 12.0 Å². The first kappa shape index (κ1) is 13.1. The topological polar surface area (TPSA) is 81.7 Å². The SMILES string of the molecule is O=C1NC(=O)[C@]2(C[C@@H](CO)N(Cc3ccccc3)C2)N1. The zero-order valence-electron chi connectivity index (χ0n) is 11.0. The summed E-state index contributed by atoms with van der Waals surface area (Å²) in [4.78, 5) is 25.4. The lowest BCUT2D eigenvalue weighted by atomic mass is 9.97. The molecule has 2 fully saturated rings. The van der Waals surface area contributed by atoms with Gasteiger partial charge in [-0.1, -0.05) is 30.3 Å². The van der Waals surface area contributed by atoms with Crippen molar-refractivity contribution in [1.29, 1.82) is 0 Å². The Morgan fingerprint density at radius 3 is 2.65 bits per heavy atom. The number of hydrogen-bond acceptors (Lipinski definition) is 4. The van der Waals surface area contributed by atoms with E-state index in [1.165, 1.54) is 0 Å². The van der Waals surface area contributed by atoms with Crippen LogP contribution in [0.25, 0.3) is 0 Å². The van der Waals surface area contributed by atoms with E-state index >= 15 is 0 Å². The lowest BCUT2D eigenvalue weighted by Crippen LogP contribution is -2.48. The molecule has 0 aliphatic carbocycles. The number of hydrogen-bond donors (Lipinski definition) is 3. The summed E-state index contributed by atoms with van der Waals surface area (Å²) < 4.78 is 0. The number of rotatable bonds is 3. The number of benzene rings is 1. The van der Waals surface area contributed by atoms with Crippen molar-refractivity contribution in [2.45, 2.75) is 24.5 Å². The number of amides is 3. The zero-order valence-corrected chi connectivity index (χ0v) is 11.0. The van der Waals surface area contributed by atoms with Crippen LogP contribution in [0.1, 0.15) is 12.0 Å². The standard InChI is InChI=1S/C14H17N3O3/c18-8-11-6-14(12(19)15-13(20)16-14)9-17(11)7-10-4-2-1-3-5-10/h1-5,11,18H,6-9H2,(H2,15,16,19,20)/t11-,14+/m0/s1. The summed E-state index contributed by atoms with van der Waals surface area (Å²) in [6, 6.07) is 9.30. The van der Waals surface area contributed by atoms with Gasteiger partial charge in [0.15, 0.2) is 0 Å². The second-order valence-corrected chi connectivity index (χ2v) is 5.42. The Balaban J connectivity index is 1.78. The molecule has 1 spiro atoms. The fourth-order valence-electron chi connectivity index (χ4n) is 3.04. The second-order valence-electron chi connectivity index (χ2n) is 5.42. The van der Waals surface area contributed by atoms with Crippen LogP contribution in [-0.2, 0) is 11.3 Å². The molecule has 0 unspecified atom stereocenters. The maximum atomic E-state index is 12.0. The van der Waals surface area contributed by atoms with Gasteiger partial charge < -0.3 is 10.4 Å². The number of urea groups is 1. The number of likely N-dealkylation sites (tertiary alicyclic amines) is 1. The first-order valence-corrected chi connectivity index (χ1v) is 6.65. The van der Waals surface area contributed by atoms with Crippen LogP contribution in [-0.4, -0.2) is 46.7 Å². The maximum absolute atomic E-state index is 12.0. The first-order chi connectivity index (χ1) is 9.63. The third-order valence-corrected chi connectivity index (χ3v) is 4.03. The molecule has 3 N–H and O–H groups in total. The Morgan fingerprint density at radius 1 is 1.30 bits per heavy atom. The maximum Gasteiger partial charge on any atom is 0.322 e. The molecule has 3 amide bonds. The summed E-state index contributed by atoms with van der Waals surface area (Å²) in [7, 11) is 0. The van der Waals surface area contributed by atoms with Gasteiger partial charge in [0.1, 0.15) is 5.54 Å². The van der Waals surface area contributed by atoms with Gasteiger partial charge >= 0.3 is 6.03 Å². The number of aliphatic hydroxyl groups is 1. The molecule has 0 aromatic heterocycles. The summed E-state index contributed by atoms with van der Waals surface area (Å²) in [6.45, 7) is 1.04. The highest BCUT2D eigenvalue weighted by atomic mass is 16.3. The minimum absolute atomic E-state index is 0.0300. The average molecular weight is 275 g/mol. The molecule has 6 nitrogen and oxygen atoms in total. The van der Waals surface area contributed by atoms with Gasteiger partial charge in [-0.2, -0.15) is 0 Å². The predicted octanol–water partition coefficient (Wildman–Crippen LogP) is -0.169. The van der Waals surface area contributed by atoms with E-state index in [4.69, 9.17) is 0 Å². The minimum Gasteiger partial charge on any atom is -0.395 e. The molecule has 106 valence electrons. The summed E-state index contributed by atoms with van der Waals surface area (Å²) in [5, 5.41) is 14.5. The van der Waals surface area contributed by atoms with Crippen LogP contribution in [0.4, 0.5) is 4.79 Å². The van der Waals surface area contributed by atoms with Crippen molar-refractivity contribution in [3.8, 4) is 0 Å². The number of aliphatic hydroxyl groups excluding tert-OH is 1. The zero-order chi connectivity index (χ0) is 14.2. The highest BCUT2D eigenvalue weighted by Crippen LogP contribution is 2.30. The molecule has 1 aromatic carbocycles. The van der Waals surface area contributed by atoms with Crippen molar-refractivity contribution in [3.63, 3.8) is 0 Å². The first-order valence-electron chi connectivity index (χ1n) is 6.65. The average Bonchev–Trinajstić information content (AvgIpc) is 2.91. The molecule has 6 heteroatoms. The predicted molar refractivity (Wildman–Crippen MR) is 71.7 cm³/mol. The molecule has 20 heavy (non-hydrogen) atoms. The molecule has 0 bridgehead atoms. The van der Waals surface area contributed by atoms with Crippen LogP contribution in [0.5, 0.6) is 0 Å². The molecule has 3 rings (SSSR count). The molecule has 0 radical (unpaired) electrons. The Hall–Kier alpha value is -1.92. The van der Waals surface area contributed by atoms with Gasteiger partial charge in [0.25, 0.3) is 5.91 Å². The van der Waals surface area contributed by atoms with Crippen LogP contribution in [0, 0.1) is 0 Å². The van der Waals surface area contributed by atoms with Gasteiger partial charge in [0.2, 0.25) is 0 Å². The number of carbonyl (C=O) groups excluding carboxylic acids is 2. The molecule has 0 saturated carbocycles. The van der Waals surface area contributed by atoms with E-state index in [-0.39, 0.29) is 18.6 Å². The van der Waals surface area contributed by atoms with Crippen molar-refractivity contribution < 1.29 is 14.7 Å². The largest absolute Gasteiger partial charge is 0.395 e. The van der Waals surface area contributed by atoms with E-state index in [0.717, 1.165) is 5.56 Å². The van der Waals surface area contributed by atoms with Crippen molar-refractivity contribution in [2.75, 3.05) is 13.2 Å². The molecule has 2 saturated heterocycles. The quantitative estimate of drug-likeness (QED) is 0.669. The van der Waals surface area contributed by atoms with Gasteiger partial charge in [-0.3, -0.25) is 15.0 Å². The van der Waals surface area contributed by atoms with Crippen LogP contribution in [0.15, 0.2) is 30.3 Å². The number of nitrogens with one attached hydrogen (secondary N) is 2. The van der Waals surface area contributed by atoms with E-state index in [2.05, 4.69) is 10.6 Å². The smallest absolute Gasteiger partial charge is 0.322 e. The van der Waals surface area contributed by atoms with Gasteiger partial charge in [0, 0.05) is 19.1 Å². The molecule has 2 atom stereocenters. The molecule has 2 heterocycles. The van der Waals surface area contributed by atoms with Crippen molar-refractivity contribution in [1.82, 2.24) is 15.5 Å². The highest BCUT2D eigenvalue weighted by molar-refractivity contribution is 6.07. The summed E-state index contributed by atoms with van der Waals surface area (Å²) in [5.74, 6) is -0.295. The highest BCUT2D eigenvalue weighted by Gasteiger charge is 2.53. The molecule has 2 aliphatic heterocycles. The van der Waals surface area contributed by atoms with Crippen LogP contribution in [0.3, 0.4) is 0 Å². The number of carbonyl (C=O) groups is 2. The van der Waals surface area contributed by atoms with Gasteiger partial charge in [-0.25, -0.2) is 4.79 Å². The van der Waals surface area contributed by atoms with Crippen molar-refractivity contribution in [3.05, 3.63) is 35.9 Å². The third-order valence-electron chi connectivity index (χ3n) is 4.03. The fraction of sp³-hybridized carbons (Fsp3) is 0.429. The molecule has 1 aromatic rings. The third kappa shape index (κ3) is 2.17. The number of nitrogens with zero attached hydrogens (tertiary/aromatic N) is 1. The summed E-state index contributed by atoms with van der Waals surface area (Å²) in [6.07, 6.45) is 0.438. The minimum atomic E-state index is -0.890. The normalized spacial score (nSPS) is 29.8. The Bertz CT molecular complexity index is 534. The lowest BCUT2D eigenvalue weighted by molar-refractivity contribution is -0.123. The van der Waals surface area contributed by atoms with E-state index in [1.807, 2.05) is 35.2 Å². The van der Waals surface area contributed by atoms with Crippen LogP contribution in [0.2, 0.25) is 0 Å². The van der Waals surface area contributed by atoms with Gasteiger partial charge in [0.05, 0.1) is 6.61 Å². The summed E-state index contributed by atoms with van der Waals surface area (Å²) >= 11 is 0. The Morgan fingerprint density at radius 2 is 2.05 bits per heavy atom. The van der Waals surface area contributed by atoms with Crippen LogP contribution >= 0.6 is 0 Å². The molecule has 2 aliphatic rings. The molecular formula is C14H17N3O3.